The molecule has 118 valence electrons. The number of carbonyl (C=O) groups is 1. The molecule has 1 heterocycles. The fourth-order valence-corrected chi connectivity index (χ4v) is 2.70. The quantitative estimate of drug-likeness (QED) is 0.862. The summed E-state index contributed by atoms with van der Waals surface area (Å²) in [6.45, 7) is 4.25. The number of rotatable bonds is 4. The van der Waals surface area contributed by atoms with Gasteiger partial charge >= 0.3 is 12.2 Å². The van der Waals surface area contributed by atoms with E-state index in [1.54, 1.807) is 16.7 Å². The predicted octanol–water partition coefficient (Wildman–Crippen LogP) is 2.02. The Labute approximate surface area is 122 Å². The maximum Gasteiger partial charge on any atom is 0.403 e. The molecule has 1 N–H and O–H groups in total. The third kappa shape index (κ3) is 5.05. The van der Waals surface area contributed by atoms with Crippen molar-refractivity contribution in [2.45, 2.75) is 32.1 Å². The summed E-state index contributed by atoms with van der Waals surface area (Å²) in [7, 11) is 0. The normalized spacial score (nSPS) is 20.6. The van der Waals surface area contributed by atoms with E-state index in [-0.39, 0.29) is 25.2 Å². The van der Waals surface area contributed by atoms with Gasteiger partial charge in [0.15, 0.2) is 0 Å². The van der Waals surface area contributed by atoms with Crippen LogP contribution in [0.1, 0.15) is 13.8 Å². The lowest BCUT2D eigenvalue weighted by molar-refractivity contribution is -0.181. The highest BCUT2D eigenvalue weighted by Gasteiger charge is 2.41. The Morgan fingerprint density at radius 2 is 1.80 bits per heavy atom. The molecule has 8 heteroatoms. The molecule has 2 amide bonds. The second kappa shape index (κ2) is 7.40. The molecule has 20 heavy (non-hydrogen) atoms. The molecule has 1 saturated heterocycles. The average molecular weight is 313 g/mol. The number of carbonyl (C=O) groups excluding carboxylic acids is 1. The van der Waals surface area contributed by atoms with Crippen molar-refractivity contribution in [3.05, 3.63) is 0 Å². The SMILES string of the molecule is CSC[C@@H](C)NC(=O)N1CCN([C@H](C)C(F)(F)F)CC1. The van der Waals surface area contributed by atoms with Gasteiger partial charge < -0.3 is 10.2 Å². The van der Waals surface area contributed by atoms with Gasteiger partial charge in [0.05, 0.1) is 0 Å². The van der Waals surface area contributed by atoms with Crippen molar-refractivity contribution in [2.75, 3.05) is 38.2 Å². The van der Waals surface area contributed by atoms with Crippen molar-refractivity contribution in [3.8, 4) is 0 Å². The first kappa shape index (κ1) is 17.4. The Hall–Kier alpha value is -0.630. The summed E-state index contributed by atoms with van der Waals surface area (Å²) in [6.07, 6.45) is -2.25. The number of urea groups is 1. The lowest BCUT2D eigenvalue weighted by Crippen LogP contribution is -2.57. The van der Waals surface area contributed by atoms with Gasteiger partial charge in [0.1, 0.15) is 6.04 Å². The molecule has 2 atom stereocenters. The second-order valence-corrected chi connectivity index (χ2v) is 5.96. The molecular weight excluding hydrogens is 291 g/mol. The minimum absolute atomic E-state index is 0.0598. The van der Waals surface area contributed by atoms with E-state index in [4.69, 9.17) is 0 Å². The summed E-state index contributed by atoms with van der Waals surface area (Å²) in [5.74, 6) is 0.816. The number of thioether (sulfide) groups is 1. The van der Waals surface area contributed by atoms with E-state index in [0.717, 1.165) is 12.7 Å². The predicted molar refractivity (Wildman–Crippen MR) is 75.0 cm³/mol. The number of hydrogen-bond acceptors (Lipinski definition) is 3. The van der Waals surface area contributed by atoms with Crippen molar-refractivity contribution in [1.82, 2.24) is 15.1 Å². The van der Waals surface area contributed by atoms with E-state index in [2.05, 4.69) is 5.32 Å². The first-order valence-electron chi connectivity index (χ1n) is 6.61. The summed E-state index contributed by atoms with van der Waals surface area (Å²) in [5, 5.41) is 2.85. The number of piperazine rings is 1. The topological polar surface area (TPSA) is 35.6 Å². The zero-order chi connectivity index (χ0) is 15.3. The number of nitrogens with zero attached hydrogens (tertiary/aromatic N) is 2. The number of hydrogen-bond donors (Lipinski definition) is 1. The molecule has 0 radical (unpaired) electrons. The van der Waals surface area contributed by atoms with Crippen LogP contribution in [0.25, 0.3) is 0 Å². The smallest absolute Gasteiger partial charge is 0.335 e. The standard InChI is InChI=1S/C12H22F3N3OS/c1-9(8-20-3)16-11(19)18-6-4-17(5-7-18)10(2)12(13,14)15/h9-10H,4-8H2,1-3H3,(H,16,19)/t9-,10-/m1/s1. The molecular formula is C12H22F3N3OS. The van der Waals surface area contributed by atoms with Crippen molar-refractivity contribution in [3.63, 3.8) is 0 Å². The van der Waals surface area contributed by atoms with Crippen LogP contribution in [0, 0.1) is 0 Å². The molecule has 0 aromatic rings. The van der Waals surface area contributed by atoms with Crippen LogP contribution in [-0.2, 0) is 0 Å². The van der Waals surface area contributed by atoms with Gasteiger partial charge in [0.2, 0.25) is 0 Å². The highest BCUT2D eigenvalue weighted by Crippen LogP contribution is 2.25. The summed E-state index contributed by atoms with van der Waals surface area (Å²) >= 11 is 1.64. The molecule has 1 rings (SSSR count). The van der Waals surface area contributed by atoms with Gasteiger partial charge in [-0.3, -0.25) is 4.90 Å². The maximum atomic E-state index is 12.6. The van der Waals surface area contributed by atoms with Gasteiger partial charge in [-0.1, -0.05) is 0 Å². The van der Waals surface area contributed by atoms with Crippen molar-refractivity contribution >= 4 is 17.8 Å². The van der Waals surface area contributed by atoms with Crippen LogP contribution >= 0.6 is 11.8 Å². The zero-order valence-corrected chi connectivity index (χ0v) is 12.9. The van der Waals surface area contributed by atoms with Crippen LogP contribution in [0.4, 0.5) is 18.0 Å². The van der Waals surface area contributed by atoms with E-state index < -0.39 is 12.2 Å². The van der Waals surface area contributed by atoms with Crippen LogP contribution in [0.15, 0.2) is 0 Å². The van der Waals surface area contributed by atoms with Crippen molar-refractivity contribution in [2.24, 2.45) is 0 Å². The van der Waals surface area contributed by atoms with E-state index in [9.17, 15) is 18.0 Å². The number of nitrogens with one attached hydrogen (secondary N) is 1. The van der Waals surface area contributed by atoms with Crippen molar-refractivity contribution in [1.29, 1.82) is 0 Å². The van der Waals surface area contributed by atoms with E-state index in [0.29, 0.717) is 13.1 Å². The Kier molecular flexibility index (Phi) is 6.44. The minimum atomic E-state index is -4.21. The Balaban J connectivity index is 2.40. The molecule has 0 aromatic heterocycles. The van der Waals surface area contributed by atoms with E-state index >= 15 is 0 Å². The van der Waals surface area contributed by atoms with Gasteiger partial charge in [0, 0.05) is 38.0 Å². The lowest BCUT2D eigenvalue weighted by atomic mass is 10.2. The maximum absolute atomic E-state index is 12.6. The highest BCUT2D eigenvalue weighted by atomic mass is 32.2. The fourth-order valence-electron chi connectivity index (χ4n) is 2.11. The van der Waals surface area contributed by atoms with E-state index in [1.165, 1.54) is 4.90 Å². The Bertz CT molecular complexity index is 320. The monoisotopic (exact) mass is 313 g/mol. The van der Waals surface area contributed by atoms with Gasteiger partial charge in [-0.05, 0) is 20.1 Å². The third-order valence-corrected chi connectivity index (χ3v) is 4.24. The largest absolute Gasteiger partial charge is 0.403 e. The first-order chi connectivity index (χ1) is 9.25. The van der Waals surface area contributed by atoms with Gasteiger partial charge in [0.25, 0.3) is 0 Å². The molecule has 0 spiro atoms. The van der Waals surface area contributed by atoms with Crippen molar-refractivity contribution < 1.29 is 18.0 Å². The molecule has 4 nitrogen and oxygen atoms in total. The molecule has 1 aliphatic rings. The fraction of sp³-hybridized carbons (Fsp3) is 0.917. The van der Waals surface area contributed by atoms with E-state index in [1.807, 2.05) is 13.2 Å². The summed E-state index contributed by atoms with van der Waals surface area (Å²) in [5.41, 5.74) is 0. The van der Waals surface area contributed by atoms with Crippen LogP contribution in [-0.4, -0.2) is 72.3 Å². The Morgan fingerprint density at radius 1 is 1.25 bits per heavy atom. The van der Waals surface area contributed by atoms with Gasteiger partial charge in [-0.15, -0.1) is 0 Å². The molecule has 1 aliphatic heterocycles. The molecule has 0 aliphatic carbocycles. The van der Waals surface area contributed by atoms with Crippen LogP contribution in [0.2, 0.25) is 0 Å². The average Bonchev–Trinajstić information content (AvgIpc) is 2.37. The minimum Gasteiger partial charge on any atom is -0.335 e. The Morgan fingerprint density at radius 3 is 2.25 bits per heavy atom. The highest BCUT2D eigenvalue weighted by molar-refractivity contribution is 7.98. The molecule has 0 unspecified atom stereocenters. The summed E-state index contributed by atoms with van der Waals surface area (Å²) in [6, 6.07) is -1.58. The number of alkyl halides is 3. The van der Waals surface area contributed by atoms with Gasteiger partial charge in [-0.2, -0.15) is 24.9 Å². The van der Waals surface area contributed by atoms with Gasteiger partial charge in [-0.25, -0.2) is 4.79 Å². The molecule has 0 bridgehead atoms. The van der Waals surface area contributed by atoms with Crippen LogP contribution in [0.3, 0.4) is 0 Å². The zero-order valence-electron chi connectivity index (χ0n) is 12.0. The molecule has 1 fully saturated rings. The van der Waals surface area contributed by atoms with Crippen LogP contribution in [0.5, 0.6) is 0 Å². The molecule has 0 saturated carbocycles. The second-order valence-electron chi connectivity index (χ2n) is 5.05. The van der Waals surface area contributed by atoms with Crippen LogP contribution < -0.4 is 5.32 Å². The lowest BCUT2D eigenvalue weighted by Gasteiger charge is -2.38. The number of amides is 2. The first-order valence-corrected chi connectivity index (χ1v) is 8.00. The molecule has 0 aromatic carbocycles. The number of halogens is 3. The summed E-state index contributed by atoms with van der Waals surface area (Å²) in [4.78, 5) is 14.9. The summed E-state index contributed by atoms with van der Waals surface area (Å²) < 4.78 is 37.8. The third-order valence-electron chi connectivity index (χ3n) is 3.41.